The van der Waals surface area contributed by atoms with Gasteiger partial charge in [0.2, 0.25) is 0 Å². The predicted molar refractivity (Wildman–Crippen MR) is 71.1 cm³/mol. The summed E-state index contributed by atoms with van der Waals surface area (Å²) in [5.74, 6) is -1.47. The molecule has 2 rings (SSSR count). The second-order valence-electron chi connectivity index (χ2n) is 4.54. The number of aromatic nitrogens is 1. The Labute approximate surface area is 114 Å². The molecule has 2 N–H and O–H groups in total. The number of carbonyl (C=O) groups is 2. The Hall–Kier alpha value is -1.47. The number of carboxylic acids is 1. The number of hydrogen-bond acceptors (Lipinski definition) is 6. The van der Waals surface area contributed by atoms with Gasteiger partial charge in [-0.05, 0) is 19.8 Å². The largest absolute Gasteiger partial charge is 0.476 e. The predicted octanol–water partition coefficient (Wildman–Crippen LogP) is 2.02. The summed E-state index contributed by atoms with van der Waals surface area (Å²) in [7, 11) is 0. The van der Waals surface area contributed by atoms with Gasteiger partial charge in [0, 0.05) is 13.5 Å². The molecule has 0 aliphatic carbocycles. The maximum absolute atomic E-state index is 11.4. The van der Waals surface area contributed by atoms with Crippen LogP contribution in [-0.2, 0) is 4.74 Å². The molecule has 104 valence electrons. The molecule has 1 aromatic rings. The molecule has 0 saturated carbocycles. The second kappa shape index (κ2) is 5.66. The molecule has 2 atom stereocenters. The van der Waals surface area contributed by atoms with E-state index in [1.807, 2.05) is 6.92 Å². The highest BCUT2D eigenvalue weighted by Crippen LogP contribution is 2.26. The first-order chi connectivity index (χ1) is 8.99. The van der Waals surface area contributed by atoms with Crippen LogP contribution in [0.15, 0.2) is 0 Å². The first-order valence-corrected chi connectivity index (χ1v) is 6.94. The van der Waals surface area contributed by atoms with Crippen LogP contribution in [-0.4, -0.2) is 40.6 Å². The van der Waals surface area contributed by atoms with Gasteiger partial charge < -0.3 is 15.2 Å². The van der Waals surface area contributed by atoms with E-state index < -0.39 is 5.97 Å². The van der Waals surface area contributed by atoms with E-state index in [0.29, 0.717) is 5.13 Å². The summed E-state index contributed by atoms with van der Waals surface area (Å²) in [4.78, 5) is 26.6. The molecule has 1 aliphatic heterocycles. The third-order valence-corrected chi connectivity index (χ3v) is 4.11. The minimum Gasteiger partial charge on any atom is -0.476 e. The molecule has 0 aromatic carbocycles. The lowest BCUT2D eigenvalue weighted by atomic mass is 10.1. The molecular formula is C12H16N2O4S. The van der Waals surface area contributed by atoms with E-state index in [1.54, 1.807) is 0 Å². The first kappa shape index (κ1) is 14.0. The smallest absolute Gasteiger partial charge is 0.356 e. The number of Topliss-reactive ketones (excluding diaryl/α,β-unsaturated/α-hetero) is 1. The maximum atomic E-state index is 11.4. The molecule has 0 spiro atoms. The van der Waals surface area contributed by atoms with Crippen LogP contribution in [0.2, 0.25) is 0 Å². The van der Waals surface area contributed by atoms with Crippen molar-refractivity contribution in [2.75, 3.05) is 11.9 Å². The molecule has 19 heavy (non-hydrogen) atoms. The zero-order valence-corrected chi connectivity index (χ0v) is 11.6. The molecule has 7 heteroatoms. The highest BCUT2D eigenvalue weighted by Gasteiger charge is 2.25. The van der Waals surface area contributed by atoms with Crippen molar-refractivity contribution >= 4 is 28.2 Å². The van der Waals surface area contributed by atoms with Gasteiger partial charge in [-0.15, -0.1) is 0 Å². The van der Waals surface area contributed by atoms with Crippen LogP contribution in [0.3, 0.4) is 0 Å². The number of ether oxygens (including phenoxy) is 1. The highest BCUT2D eigenvalue weighted by molar-refractivity contribution is 7.17. The summed E-state index contributed by atoms with van der Waals surface area (Å²) in [5.41, 5.74) is -0.181. The molecule has 0 radical (unpaired) electrons. The number of ketones is 1. The molecule has 0 bridgehead atoms. The third kappa shape index (κ3) is 3.10. The van der Waals surface area contributed by atoms with Crippen molar-refractivity contribution in [1.82, 2.24) is 4.98 Å². The minimum absolute atomic E-state index is 0.0371. The van der Waals surface area contributed by atoms with Crippen molar-refractivity contribution in [1.29, 1.82) is 0 Å². The van der Waals surface area contributed by atoms with E-state index in [4.69, 9.17) is 9.84 Å². The SMILES string of the molecule is CC(=O)c1sc(NC(C)C2CCCO2)nc1C(=O)O. The topological polar surface area (TPSA) is 88.5 Å². The van der Waals surface area contributed by atoms with Crippen LogP contribution < -0.4 is 5.32 Å². The number of carbonyl (C=O) groups excluding carboxylic acids is 1. The number of aromatic carboxylic acids is 1. The standard InChI is InChI=1S/C12H16N2O4S/c1-6(8-4-3-5-18-8)13-12-14-9(11(16)17)10(19-12)7(2)15/h6,8H,3-5H2,1-2H3,(H,13,14)(H,16,17). The van der Waals surface area contributed by atoms with E-state index in [1.165, 1.54) is 6.92 Å². The number of hydrogen-bond donors (Lipinski definition) is 2. The second-order valence-corrected chi connectivity index (χ2v) is 5.54. The van der Waals surface area contributed by atoms with Gasteiger partial charge >= 0.3 is 5.97 Å². The summed E-state index contributed by atoms with van der Waals surface area (Å²) < 4.78 is 5.55. The third-order valence-electron chi connectivity index (χ3n) is 3.02. The van der Waals surface area contributed by atoms with Crippen LogP contribution in [0, 0.1) is 0 Å². The highest BCUT2D eigenvalue weighted by atomic mass is 32.1. The monoisotopic (exact) mass is 284 g/mol. The number of carboxylic acid groups (broad SMARTS) is 1. The Morgan fingerprint density at radius 1 is 1.58 bits per heavy atom. The number of nitrogens with zero attached hydrogens (tertiary/aromatic N) is 1. The Bertz CT molecular complexity index is 462. The van der Waals surface area contributed by atoms with Crippen LogP contribution >= 0.6 is 11.3 Å². The fraction of sp³-hybridized carbons (Fsp3) is 0.583. The molecule has 0 amide bonds. The van der Waals surface area contributed by atoms with E-state index in [2.05, 4.69) is 10.3 Å². The van der Waals surface area contributed by atoms with Gasteiger partial charge in [-0.1, -0.05) is 11.3 Å². The number of thiazole rings is 1. The molecular weight excluding hydrogens is 268 g/mol. The van der Waals surface area contributed by atoms with Crippen molar-refractivity contribution in [3.8, 4) is 0 Å². The Morgan fingerprint density at radius 2 is 2.32 bits per heavy atom. The zero-order valence-electron chi connectivity index (χ0n) is 10.8. The molecule has 1 aromatic heterocycles. The lowest BCUT2D eigenvalue weighted by molar-refractivity contribution is 0.0687. The van der Waals surface area contributed by atoms with Crippen molar-refractivity contribution < 1.29 is 19.4 Å². The Morgan fingerprint density at radius 3 is 2.79 bits per heavy atom. The van der Waals surface area contributed by atoms with Crippen molar-refractivity contribution in [2.45, 2.75) is 38.8 Å². The minimum atomic E-state index is -1.18. The van der Waals surface area contributed by atoms with E-state index in [0.717, 1.165) is 30.8 Å². The Kier molecular flexibility index (Phi) is 4.16. The Balaban J connectivity index is 2.14. The van der Waals surface area contributed by atoms with Crippen molar-refractivity contribution in [3.63, 3.8) is 0 Å². The molecule has 1 fully saturated rings. The fourth-order valence-electron chi connectivity index (χ4n) is 2.05. The van der Waals surface area contributed by atoms with Crippen LogP contribution in [0.25, 0.3) is 0 Å². The normalized spacial score (nSPS) is 20.2. The average molecular weight is 284 g/mol. The van der Waals surface area contributed by atoms with Crippen molar-refractivity contribution in [3.05, 3.63) is 10.6 Å². The van der Waals surface area contributed by atoms with Gasteiger partial charge in [-0.25, -0.2) is 9.78 Å². The summed E-state index contributed by atoms with van der Waals surface area (Å²) in [5, 5.41) is 12.6. The zero-order chi connectivity index (χ0) is 14.0. The molecule has 2 unspecified atom stereocenters. The van der Waals surface area contributed by atoms with Gasteiger partial charge in [0.15, 0.2) is 16.6 Å². The summed E-state index contributed by atoms with van der Waals surface area (Å²) in [6, 6.07) is 0.0371. The first-order valence-electron chi connectivity index (χ1n) is 6.12. The summed E-state index contributed by atoms with van der Waals surface area (Å²) in [6.07, 6.45) is 2.12. The number of nitrogens with one attached hydrogen (secondary N) is 1. The lowest BCUT2D eigenvalue weighted by Crippen LogP contribution is -2.29. The van der Waals surface area contributed by atoms with Gasteiger partial charge in [0.25, 0.3) is 0 Å². The van der Waals surface area contributed by atoms with Gasteiger partial charge in [0.05, 0.1) is 12.1 Å². The van der Waals surface area contributed by atoms with E-state index in [-0.39, 0.29) is 28.5 Å². The van der Waals surface area contributed by atoms with E-state index in [9.17, 15) is 9.59 Å². The average Bonchev–Trinajstić information content (AvgIpc) is 2.97. The molecule has 1 saturated heterocycles. The molecule has 2 heterocycles. The summed E-state index contributed by atoms with van der Waals surface area (Å²) in [6.45, 7) is 4.06. The van der Waals surface area contributed by atoms with Crippen LogP contribution in [0.5, 0.6) is 0 Å². The van der Waals surface area contributed by atoms with Crippen molar-refractivity contribution in [2.24, 2.45) is 0 Å². The van der Waals surface area contributed by atoms with E-state index >= 15 is 0 Å². The number of rotatable bonds is 5. The molecule has 1 aliphatic rings. The number of anilines is 1. The lowest BCUT2D eigenvalue weighted by Gasteiger charge is -2.19. The fourth-order valence-corrected chi connectivity index (χ4v) is 3.00. The molecule has 6 nitrogen and oxygen atoms in total. The van der Waals surface area contributed by atoms with Crippen LogP contribution in [0.4, 0.5) is 5.13 Å². The quantitative estimate of drug-likeness (QED) is 0.804. The van der Waals surface area contributed by atoms with Crippen LogP contribution in [0.1, 0.15) is 46.8 Å². The van der Waals surface area contributed by atoms with Gasteiger partial charge in [0.1, 0.15) is 4.88 Å². The van der Waals surface area contributed by atoms with Gasteiger partial charge in [-0.2, -0.15) is 0 Å². The maximum Gasteiger partial charge on any atom is 0.356 e. The summed E-state index contributed by atoms with van der Waals surface area (Å²) >= 11 is 1.07. The van der Waals surface area contributed by atoms with Gasteiger partial charge in [-0.3, -0.25) is 4.79 Å².